The average molecular weight is 390 g/mol. The highest BCUT2D eigenvalue weighted by Gasteiger charge is 2.30. The summed E-state index contributed by atoms with van der Waals surface area (Å²) in [6, 6.07) is 12.4. The van der Waals surface area contributed by atoms with E-state index in [2.05, 4.69) is 17.3 Å². The molecule has 28 heavy (non-hydrogen) atoms. The van der Waals surface area contributed by atoms with Crippen molar-refractivity contribution in [2.75, 3.05) is 43.4 Å². The van der Waals surface area contributed by atoms with E-state index >= 15 is 0 Å². The molecule has 2 aromatic rings. The number of rotatable bonds is 4. The lowest BCUT2D eigenvalue weighted by Crippen LogP contribution is -3.12. The predicted octanol–water partition coefficient (Wildman–Crippen LogP) is 2.69. The highest BCUT2D eigenvalue weighted by molar-refractivity contribution is 6.02. The zero-order valence-corrected chi connectivity index (χ0v) is 15.6. The molecule has 0 unspecified atom stereocenters. The fourth-order valence-corrected chi connectivity index (χ4v) is 3.08. The second kappa shape index (κ2) is 8.48. The van der Waals surface area contributed by atoms with Gasteiger partial charge in [-0.25, -0.2) is 0 Å². The van der Waals surface area contributed by atoms with E-state index in [-0.39, 0.29) is 0 Å². The topological polar surface area (TPSA) is 36.8 Å². The van der Waals surface area contributed by atoms with E-state index in [1.807, 2.05) is 24.3 Å². The number of anilines is 2. The van der Waals surface area contributed by atoms with Crippen LogP contribution >= 0.6 is 0 Å². The molecule has 1 saturated heterocycles. The van der Waals surface area contributed by atoms with Gasteiger partial charge < -0.3 is 15.1 Å². The molecule has 0 radical (unpaired) electrons. The lowest BCUT2D eigenvalue weighted by molar-refractivity contribution is -0.880. The number of likely N-dealkylation sites (N-methyl/N-ethyl adjacent to an activating group) is 1. The number of amides is 1. The molecule has 1 fully saturated rings. The minimum absolute atomic E-state index is 0.317. The summed E-state index contributed by atoms with van der Waals surface area (Å²) < 4.78 is 38.2. The largest absolute Gasteiger partial charge is 0.416 e. The summed E-state index contributed by atoms with van der Waals surface area (Å²) in [5, 5.41) is 2.72. The van der Waals surface area contributed by atoms with Gasteiger partial charge in [0.2, 0.25) is 5.91 Å². The second-order valence-electron chi connectivity index (χ2n) is 6.94. The Morgan fingerprint density at radius 3 is 2.43 bits per heavy atom. The average Bonchev–Trinajstić information content (AvgIpc) is 2.67. The van der Waals surface area contributed by atoms with Crippen molar-refractivity contribution in [3.05, 3.63) is 65.7 Å². The number of nitrogens with one attached hydrogen (secondary N) is 2. The van der Waals surface area contributed by atoms with Gasteiger partial charge >= 0.3 is 6.18 Å². The molecule has 2 N–H and O–H groups in total. The zero-order chi connectivity index (χ0) is 20.1. The second-order valence-corrected chi connectivity index (χ2v) is 6.94. The van der Waals surface area contributed by atoms with Crippen LogP contribution in [0.3, 0.4) is 0 Å². The third-order valence-electron chi connectivity index (χ3n) is 4.76. The van der Waals surface area contributed by atoms with Crippen molar-refractivity contribution in [1.29, 1.82) is 0 Å². The normalized spacial score (nSPS) is 15.8. The van der Waals surface area contributed by atoms with E-state index in [4.69, 9.17) is 0 Å². The van der Waals surface area contributed by atoms with E-state index < -0.39 is 17.6 Å². The first-order valence-corrected chi connectivity index (χ1v) is 9.14. The number of carbonyl (C=O) groups is 1. The number of nitrogens with zero attached hydrogens (tertiary/aromatic N) is 1. The Hall–Kier alpha value is -2.80. The van der Waals surface area contributed by atoms with Crippen molar-refractivity contribution in [3.63, 3.8) is 0 Å². The fraction of sp³-hybridized carbons (Fsp3) is 0.286. The number of hydrogen-bond donors (Lipinski definition) is 2. The summed E-state index contributed by atoms with van der Waals surface area (Å²) in [5.41, 5.74) is 1.33. The molecule has 0 aromatic heterocycles. The summed E-state index contributed by atoms with van der Waals surface area (Å²) >= 11 is 0. The maximum atomic E-state index is 12.7. The Labute approximate surface area is 162 Å². The summed E-state index contributed by atoms with van der Waals surface area (Å²) in [6.45, 7) is 4.19. The van der Waals surface area contributed by atoms with Crippen LogP contribution in [0.1, 0.15) is 11.1 Å². The summed E-state index contributed by atoms with van der Waals surface area (Å²) in [5.74, 6) is -0.395. The van der Waals surface area contributed by atoms with Gasteiger partial charge in [-0.05, 0) is 48.0 Å². The van der Waals surface area contributed by atoms with Gasteiger partial charge in [0.05, 0.1) is 38.8 Å². The van der Waals surface area contributed by atoms with E-state index in [0.29, 0.717) is 11.3 Å². The Morgan fingerprint density at radius 2 is 1.79 bits per heavy atom. The minimum Gasteiger partial charge on any atom is -0.360 e. The summed E-state index contributed by atoms with van der Waals surface area (Å²) in [7, 11) is 2.18. The van der Waals surface area contributed by atoms with Gasteiger partial charge in [0.15, 0.2) is 0 Å². The predicted molar refractivity (Wildman–Crippen MR) is 104 cm³/mol. The monoisotopic (exact) mass is 390 g/mol. The van der Waals surface area contributed by atoms with Crippen LogP contribution in [0.2, 0.25) is 0 Å². The van der Waals surface area contributed by atoms with Gasteiger partial charge in [-0.3, -0.25) is 4.79 Å². The van der Waals surface area contributed by atoms with Crippen LogP contribution in [0.25, 0.3) is 6.08 Å². The number of hydrogen-bond acceptors (Lipinski definition) is 2. The molecule has 2 aromatic carbocycles. The number of benzene rings is 2. The van der Waals surface area contributed by atoms with Gasteiger partial charge in [-0.15, -0.1) is 0 Å². The first-order valence-electron chi connectivity index (χ1n) is 9.14. The van der Waals surface area contributed by atoms with Crippen LogP contribution < -0.4 is 15.1 Å². The third kappa shape index (κ3) is 5.36. The number of quaternary nitrogens is 1. The number of piperazine rings is 1. The molecule has 1 aliphatic heterocycles. The van der Waals surface area contributed by atoms with Crippen LogP contribution in [-0.2, 0) is 11.0 Å². The Kier molecular flexibility index (Phi) is 6.04. The van der Waals surface area contributed by atoms with E-state index in [1.54, 1.807) is 0 Å². The molecular formula is C21H23F3N3O+. The maximum Gasteiger partial charge on any atom is 0.416 e. The smallest absolute Gasteiger partial charge is 0.360 e. The van der Waals surface area contributed by atoms with E-state index in [9.17, 15) is 18.0 Å². The molecule has 1 aliphatic rings. The molecule has 0 saturated carbocycles. The Bertz CT molecular complexity index is 839. The van der Waals surface area contributed by atoms with Crippen LogP contribution in [0.15, 0.2) is 54.6 Å². The van der Waals surface area contributed by atoms with Crippen molar-refractivity contribution < 1.29 is 22.9 Å². The maximum absolute atomic E-state index is 12.7. The van der Waals surface area contributed by atoms with Crippen molar-refractivity contribution in [2.24, 2.45) is 0 Å². The van der Waals surface area contributed by atoms with Gasteiger partial charge in [0, 0.05) is 17.5 Å². The summed E-state index contributed by atoms with van der Waals surface area (Å²) in [6.07, 6.45) is -1.81. The molecule has 0 bridgehead atoms. The van der Waals surface area contributed by atoms with Crippen molar-refractivity contribution in [1.82, 2.24) is 0 Å². The van der Waals surface area contributed by atoms with Crippen molar-refractivity contribution in [3.8, 4) is 0 Å². The molecule has 0 spiro atoms. The van der Waals surface area contributed by atoms with Crippen molar-refractivity contribution >= 4 is 23.4 Å². The zero-order valence-electron chi connectivity index (χ0n) is 15.6. The molecule has 4 nitrogen and oxygen atoms in total. The van der Waals surface area contributed by atoms with Crippen LogP contribution in [0.5, 0.6) is 0 Å². The van der Waals surface area contributed by atoms with Crippen LogP contribution in [0.4, 0.5) is 24.5 Å². The number of alkyl halides is 3. The molecule has 3 rings (SSSR count). The lowest BCUT2D eigenvalue weighted by atomic mass is 10.1. The molecule has 7 heteroatoms. The molecule has 1 heterocycles. The Morgan fingerprint density at radius 1 is 1.11 bits per heavy atom. The van der Waals surface area contributed by atoms with Crippen molar-refractivity contribution in [2.45, 2.75) is 6.18 Å². The third-order valence-corrected chi connectivity index (χ3v) is 4.76. The first-order chi connectivity index (χ1) is 13.3. The molecule has 0 aliphatic carbocycles. The highest BCUT2D eigenvalue weighted by Crippen LogP contribution is 2.29. The van der Waals surface area contributed by atoms with Crippen LogP contribution in [0, 0.1) is 0 Å². The summed E-state index contributed by atoms with van der Waals surface area (Å²) in [4.78, 5) is 15.9. The standard InChI is InChI=1S/C21H22F3N3O/c1-26-11-13-27(14-12-26)19-8-6-18(7-9-19)25-20(28)10-5-16-3-2-4-17(15-16)21(22,23)24/h2-10,15H,11-14H2,1H3,(H,25,28)/p+1/b10-5+. The molecule has 1 amide bonds. The molecule has 0 atom stereocenters. The first kappa shape index (κ1) is 19.9. The number of halogens is 3. The van der Waals surface area contributed by atoms with Gasteiger partial charge in [-0.2, -0.15) is 13.2 Å². The quantitative estimate of drug-likeness (QED) is 0.788. The van der Waals surface area contributed by atoms with Gasteiger partial charge in [0.1, 0.15) is 0 Å². The number of carbonyl (C=O) groups excluding carboxylic acids is 1. The van der Waals surface area contributed by atoms with Gasteiger partial charge in [0.25, 0.3) is 0 Å². The SMILES string of the molecule is C[NH+]1CCN(c2ccc(NC(=O)/C=C/c3cccc(C(F)(F)F)c3)cc2)CC1. The minimum atomic E-state index is -4.40. The van der Waals surface area contributed by atoms with E-state index in [0.717, 1.165) is 44.0 Å². The molecule has 148 valence electrons. The van der Waals surface area contributed by atoms with Gasteiger partial charge in [-0.1, -0.05) is 12.1 Å². The highest BCUT2D eigenvalue weighted by atomic mass is 19.4. The van der Waals surface area contributed by atoms with Crippen LogP contribution in [-0.4, -0.2) is 39.1 Å². The lowest BCUT2D eigenvalue weighted by Gasteiger charge is -2.31. The Balaban J connectivity index is 1.58. The molecular weight excluding hydrogens is 367 g/mol. The van der Waals surface area contributed by atoms with E-state index in [1.165, 1.54) is 29.2 Å². The fourth-order valence-electron chi connectivity index (χ4n) is 3.08.